The van der Waals surface area contributed by atoms with Crippen LogP contribution in [-0.4, -0.2) is 9.55 Å². The average molecular weight is 334 g/mol. The summed E-state index contributed by atoms with van der Waals surface area (Å²) in [6, 6.07) is 4.04. The lowest BCUT2D eigenvalue weighted by Gasteiger charge is -2.18. The van der Waals surface area contributed by atoms with Crippen molar-refractivity contribution < 1.29 is 0 Å². The molecule has 1 aromatic heterocycles. The maximum atomic E-state index is 6.29. The molecule has 0 fully saturated rings. The van der Waals surface area contributed by atoms with E-state index in [9.17, 15) is 0 Å². The average Bonchev–Trinajstić information content (AvgIpc) is 2.75. The molecule has 0 N–H and O–H groups in total. The first-order valence-corrected chi connectivity index (χ1v) is 8.15. The number of nitrogens with zero attached hydrogens (tertiary/aromatic N) is 2. The monoisotopic (exact) mass is 332 g/mol. The largest absolute Gasteiger partial charge is 0.324 e. The van der Waals surface area contributed by atoms with Gasteiger partial charge in [-0.3, -0.25) is 0 Å². The van der Waals surface area contributed by atoms with Crippen molar-refractivity contribution in [3.8, 4) is 0 Å². The lowest BCUT2D eigenvalue weighted by Crippen LogP contribution is -2.10. The zero-order chi connectivity index (χ0) is 14.9. The molecular formula is C15H19Cl3N2. The second kappa shape index (κ2) is 6.55. The van der Waals surface area contributed by atoms with Crippen LogP contribution in [0.4, 0.5) is 0 Å². The number of alkyl halides is 1. The maximum absolute atomic E-state index is 6.29. The van der Waals surface area contributed by atoms with Gasteiger partial charge in [0, 0.05) is 6.04 Å². The normalized spacial score (nSPS) is 14.7. The van der Waals surface area contributed by atoms with Crippen molar-refractivity contribution in [1.29, 1.82) is 0 Å². The van der Waals surface area contributed by atoms with Crippen molar-refractivity contribution in [1.82, 2.24) is 9.55 Å². The lowest BCUT2D eigenvalue weighted by atomic mass is 10.1. The van der Waals surface area contributed by atoms with Crippen LogP contribution < -0.4 is 0 Å². The molecule has 2 atom stereocenters. The standard InChI is InChI=1S/C15H19Cl3N2/c1-4-5-6-9(2)20-14-8-12(18)11(17)7-13(14)19-15(20)10(3)16/h7-10H,4-6H2,1-3H3. The minimum absolute atomic E-state index is 0.149. The van der Waals surface area contributed by atoms with Crippen LogP contribution in [0, 0.1) is 0 Å². The van der Waals surface area contributed by atoms with Crippen LogP contribution in [0.15, 0.2) is 12.1 Å². The Labute approximate surface area is 135 Å². The quantitative estimate of drug-likeness (QED) is 0.579. The fourth-order valence-corrected chi connectivity index (χ4v) is 2.95. The third kappa shape index (κ3) is 3.08. The van der Waals surface area contributed by atoms with E-state index in [1.54, 1.807) is 0 Å². The van der Waals surface area contributed by atoms with Gasteiger partial charge in [0.2, 0.25) is 0 Å². The molecule has 1 aromatic carbocycles. The van der Waals surface area contributed by atoms with Gasteiger partial charge < -0.3 is 4.57 Å². The number of halogens is 3. The fraction of sp³-hybridized carbons (Fsp3) is 0.533. The minimum Gasteiger partial charge on any atom is -0.324 e. The first-order chi connectivity index (χ1) is 9.45. The zero-order valence-corrected chi connectivity index (χ0v) is 14.2. The van der Waals surface area contributed by atoms with Gasteiger partial charge in [-0.15, -0.1) is 11.6 Å². The molecule has 0 amide bonds. The molecule has 1 heterocycles. The van der Waals surface area contributed by atoms with Crippen molar-refractivity contribution in [2.45, 2.75) is 51.5 Å². The Morgan fingerprint density at radius 2 is 1.85 bits per heavy atom. The van der Waals surface area contributed by atoms with E-state index in [0.717, 1.165) is 23.3 Å². The molecule has 2 nitrogen and oxygen atoms in total. The molecule has 5 heteroatoms. The van der Waals surface area contributed by atoms with Crippen molar-refractivity contribution in [3.05, 3.63) is 28.0 Å². The van der Waals surface area contributed by atoms with E-state index < -0.39 is 0 Å². The number of imidazole rings is 1. The van der Waals surface area contributed by atoms with Crippen molar-refractivity contribution in [3.63, 3.8) is 0 Å². The van der Waals surface area contributed by atoms with Crippen LogP contribution in [0.3, 0.4) is 0 Å². The Morgan fingerprint density at radius 1 is 1.20 bits per heavy atom. The van der Waals surface area contributed by atoms with Crippen LogP contribution in [0.2, 0.25) is 10.0 Å². The third-order valence-electron chi connectivity index (χ3n) is 3.53. The van der Waals surface area contributed by atoms with Gasteiger partial charge >= 0.3 is 0 Å². The van der Waals surface area contributed by atoms with Gasteiger partial charge in [-0.05, 0) is 32.4 Å². The Hall–Kier alpha value is -0.440. The molecule has 0 aliphatic rings. The Balaban J connectivity index is 2.58. The molecule has 2 unspecified atom stereocenters. The van der Waals surface area contributed by atoms with Gasteiger partial charge in [-0.2, -0.15) is 0 Å². The van der Waals surface area contributed by atoms with Crippen LogP contribution in [-0.2, 0) is 0 Å². The highest BCUT2D eigenvalue weighted by Gasteiger charge is 2.19. The molecule has 110 valence electrons. The molecule has 0 radical (unpaired) electrons. The number of rotatable bonds is 5. The van der Waals surface area contributed by atoms with Crippen molar-refractivity contribution in [2.24, 2.45) is 0 Å². The van der Waals surface area contributed by atoms with E-state index in [2.05, 4.69) is 23.4 Å². The van der Waals surface area contributed by atoms with E-state index >= 15 is 0 Å². The number of aromatic nitrogens is 2. The summed E-state index contributed by atoms with van der Waals surface area (Å²) in [4.78, 5) is 4.63. The van der Waals surface area contributed by atoms with Gasteiger partial charge in [-0.25, -0.2) is 4.98 Å². The minimum atomic E-state index is -0.149. The number of fused-ring (bicyclic) bond motifs is 1. The number of benzene rings is 1. The molecule has 0 saturated carbocycles. The highest BCUT2D eigenvalue weighted by Crippen LogP contribution is 2.34. The third-order valence-corrected chi connectivity index (χ3v) is 4.45. The number of hydrogen-bond acceptors (Lipinski definition) is 1. The van der Waals surface area contributed by atoms with Gasteiger partial charge in [0.1, 0.15) is 5.82 Å². The summed E-state index contributed by atoms with van der Waals surface area (Å²) in [5.41, 5.74) is 1.86. The number of hydrogen-bond donors (Lipinski definition) is 0. The topological polar surface area (TPSA) is 17.8 Å². The van der Waals surface area contributed by atoms with Crippen molar-refractivity contribution >= 4 is 45.8 Å². The predicted molar refractivity (Wildman–Crippen MR) is 88.3 cm³/mol. The van der Waals surface area contributed by atoms with Gasteiger partial charge in [0.05, 0.1) is 26.5 Å². The van der Waals surface area contributed by atoms with Gasteiger partial charge in [-0.1, -0.05) is 43.0 Å². The van der Waals surface area contributed by atoms with E-state index in [4.69, 9.17) is 34.8 Å². The predicted octanol–water partition coefficient (Wildman–Crippen LogP) is 6.39. The van der Waals surface area contributed by atoms with Crippen LogP contribution in [0.25, 0.3) is 11.0 Å². The summed E-state index contributed by atoms with van der Waals surface area (Å²) in [6.07, 6.45) is 3.45. The van der Waals surface area contributed by atoms with Crippen molar-refractivity contribution in [2.75, 3.05) is 0 Å². The van der Waals surface area contributed by atoms with Gasteiger partial charge in [0.15, 0.2) is 0 Å². The summed E-state index contributed by atoms with van der Waals surface area (Å²) < 4.78 is 2.20. The molecule has 2 rings (SSSR count). The fourth-order valence-electron chi connectivity index (χ4n) is 2.48. The molecule has 0 saturated heterocycles. The summed E-state index contributed by atoms with van der Waals surface area (Å²) in [5.74, 6) is 0.878. The highest BCUT2D eigenvalue weighted by atomic mass is 35.5. The summed E-state index contributed by atoms with van der Waals surface area (Å²) >= 11 is 18.5. The van der Waals surface area contributed by atoms with Gasteiger partial charge in [0.25, 0.3) is 0 Å². The Bertz CT molecular complexity index is 605. The maximum Gasteiger partial charge on any atom is 0.127 e. The molecule has 20 heavy (non-hydrogen) atoms. The highest BCUT2D eigenvalue weighted by molar-refractivity contribution is 6.42. The Kier molecular flexibility index (Phi) is 5.22. The molecule has 2 aromatic rings. The second-order valence-electron chi connectivity index (χ2n) is 5.20. The van der Waals surface area contributed by atoms with Crippen LogP contribution in [0.5, 0.6) is 0 Å². The molecule has 0 bridgehead atoms. The zero-order valence-electron chi connectivity index (χ0n) is 12.0. The lowest BCUT2D eigenvalue weighted by molar-refractivity contribution is 0.480. The molecular weight excluding hydrogens is 315 g/mol. The number of unbranched alkanes of at least 4 members (excludes halogenated alkanes) is 1. The summed E-state index contributed by atoms with van der Waals surface area (Å²) in [6.45, 7) is 6.33. The van der Waals surface area contributed by atoms with Crippen LogP contribution >= 0.6 is 34.8 Å². The van der Waals surface area contributed by atoms with E-state index in [1.807, 2.05) is 19.1 Å². The first-order valence-electron chi connectivity index (χ1n) is 6.96. The molecule has 0 aliphatic heterocycles. The Morgan fingerprint density at radius 3 is 2.45 bits per heavy atom. The van der Waals surface area contributed by atoms with E-state index in [1.165, 1.54) is 12.8 Å². The van der Waals surface area contributed by atoms with Crippen LogP contribution in [0.1, 0.15) is 57.3 Å². The van der Waals surface area contributed by atoms with E-state index in [-0.39, 0.29) is 5.38 Å². The smallest absolute Gasteiger partial charge is 0.127 e. The first kappa shape index (κ1) is 15.9. The summed E-state index contributed by atoms with van der Waals surface area (Å²) in [5, 5.41) is 0.930. The SMILES string of the molecule is CCCCC(C)n1c(C(C)Cl)nc2cc(Cl)c(Cl)cc21. The second-order valence-corrected chi connectivity index (χ2v) is 6.67. The molecule has 0 aliphatic carbocycles. The molecule has 0 spiro atoms. The summed E-state index contributed by atoms with van der Waals surface area (Å²) in [7, 11) is 0. The van der Waals surface area contributed by atoms with E-state index in [0.29, 0.717) is 16.1 Å².